The SMILES string of the molecule is C/C=C/Cn1nnc(-c2cccc(C(=O)NCc3cccc(OC)c3)c2)n1. The minimum Gasteiger partial charge on any atom is -0.497 e. The Bertz CT molecular complexity index is 949. The molecule has 7 nitrogen and oxygen atoms in total. The summed E-state index contributed by atoms with van der Waals surface area (Å²) in [7, 11) is 1.62. The van der Waals surface area contributed by atoms with Crippen LogP contribution in [0.15, 0.2) is 60.7 Å². The van der Waals surface area contributed by atoms with Crippen LogP contribution in [0.25, 0.3) is 11.4 Å². The number of nitrogens with zero attached hydrogens (tertiary/aromatic N) is 4. The quantitative estimate of drug-likeness (QED) is 0.653. The van der Waals surface area contributed by atoms with Crippen molar-refractivity contribution < 1.29 is 9.53 Å². The topological polar surface area (TPSA) is 81.9 Å². The van der Waals surface area contributed by atoms with Gasteiger partial charge in [-0.25, -0.2) is 0 Å². The fourth-order valence-corrected chi connectivity index (χ4v) is 2.50. The third kappa shape index (κ3) is 4.78. The maximum Gasteiger partial charge on any atom is 0.251 e. The van der Waals surface area contributed by atoms with Gasteiger partial charge < -0.3 is 10.1 Å². The smallest absolute Gasteiger partial charge is 0.251 e. The minimum atomic E-state index is -0.166. The van der Waals surface area contributed by atoms with Crippen molar-refractivity contribution in [2.24, 2.45) is 0 Å². The largest absolute Gasteiger partial charge is 0.497 e. The Morgan fingerprint density at radius 2 is 2.07 bits per heavy atom. The zero-order chi connectivity index (χ0) is 19.1. The summed E-state index contributed by atoms with van der Waals surface area (Å²) in [6.07, 6.45) is 3.87. The van der Waals surface area contributed by atoms with E-state index in [1.165, 1.54) is 4.80 Å². The second kappa shape index (κ2) is 8.75. The summed E-state index contributed by atoms with van der Waals surface area (Å²) in [6, 6.07) is 14.8. The first-order chi connectivity index (χ1) is 13.2. The molecule has 1 N–H and O–H groups in total. The third-order valence-electron chi connectivity index (χ3n) is 3.93. The van der Waals surface area contributed by atoms with Gasteiger partial charge in [0.2, 0.25) is 5.82 Å². The van der Waals surface area contributed by atoms with E-state index in [2.05, 4.69) is 20.7 Å². The lowest BCUT2D eigenvalue weighted by molar-refractivity contribution is 0.0951. The number of amides is 1. The highest BCUT2D eigenvalue weighted by Gasteiger charge is 2.10. The van der Waals surface area contributed by atoms with E-state index in [1.54, 1.807) is 19.2 Å². The van der Waals surface area contributed by atoms with Crippen LogP contribution in [0.5, 0.6) is 5.75 Å². The number of hydrogen-bond acceptors (Lipinski definition) is 5. The Labute approximate surface area is 157 Å². The van der Waals surface area contributed by atoms with E-state index >= 15 is 0 Å². The first-order valence-corrected chi connectivity index (χ1v) is 8.60. The molecule has 2 aromatic carbocycles. The van der Waals surface area contributed by atoms with Crippen LogP contribution in [0, 0.1) is 0 Å². The second-order valence-corrected chi connectivity index (χ2v) is 5.85. The molecule has 0 radical (unpaired) electrons. The van der Waals surface area contributed by atoms with Crippen molar-refractivity contribution in [3.63, 3.8) is 0 Å². The predicted octanol–water partition coefficient (Wildman–Crippen LogP) is 2.85. The average Bonchev–Trinajstić information content (AvgIpc) is 3.19. The van der Waals surface area contributed by atoms with Crippen LogP contribution in [-0.2, 0) is 13.1 Å². The normalized spacial score (nSPS) is 10.9. The van der Waals surface area contributed by atoms with Gasteiger partial charge in [-0.2, -0.15) is 4.80 Å². The number of rotatable bonds is 7. The number of allylic oxidation sites excluding steroid dienone is 2. The zero-order valence-electron chi connectivity index (χ0n) is 15.3. The molecule has 0 unspecified atom stereocenters. The van der Waals surface area contributed by atoms with Gasteiger partial charge in [0.05, 0.1) is 13.7 Å². The van der Waals surface area contributed by atoms with Crippen LogP contribution in [0.2, 0.25) is 0 Å². The van der Waals surface area contributed by atoms with Crippen LogP contribution in [-0.4, -0.2) is 33.2 Å². The van der Waals surface area contributed by atoms with E-state index < -0.39 is 0 Å². The molecule has 3 rings (SSSR count). The van der Waals surface area contributed by atoms with E-state index in [0.717, 1.165) is 16.9 Å². The maximum atomic E-state index is 12.5. The summed E-state index contributed by atoms with van der Waals surface area (Å²) < 4.78 is 5.20. The number of methoxy groups -OCH3 is 1. The van der Waals surface area contributed by atoms with Crippen molar-refractivity contribution in [2.75, 3.05) is 7.11 Å². The molecule has 138 valence electrons. The Kier molecular flexibility index (Phi) is 5.94. The van der Waals surface area contributed by atoms with E-state index in [0.29, 0.717) is 24.5 Å². The number of hydrogen-bond donors (Lipinski definition) is 1. The van der Waals surface area contributed by atoms with Crippen LogP contribution in [0.1, 0.15) is 22.8 Å². The predicted molar refractivity (Wildman–Crippen MR) is 102 cm³/mol. The fourth-order valence-electron chi connectivity index (χ4n) is 2.50. The molecule has 27 heavy (non-hydrogen) atoms. The Balaban J connectivity index is 1.69. The second-order valence-electron chi connectivity index (χ2n) is 5.85. The summed E-state index contributed by atoms with van der Waals surface area (Å²) in [6.45, 7) is 2.91. The molecular weight excluding hydrogens is 342 g/mol. The van der Waals surface area contributed by atoms with Gasteiger partial charge in [0.15, 0.2) is 0 Å². The number of benzene rings is 2. The molecule has 0 saturated heterocycles. The zero-order valence-corrected chi connectivity index (χ0v) is 15.3. The molecule has 1 aromatic heterocycles. The molecule has 0 atom stereocenters. The molecule has 7 heteroatoms. The molecular formula is C20H21N5O2. The molecule has 0 saturated carbocycles. The summed E-state index contributed by atoms with van der Waals surface area (Å²) in [5, 5.41) is 15.3. The van der Waals surface area contributed by atoms with E-state index in [4.69, 9.17) is 4.74 Å². The van der Waals surface area contributed by atoms with Crippen LogP contribution in [0.3, 0.4) is 0 Å². The molecule has 0 aliphatic carbocycles. The van der Waals surface area contributed by atoms with Crippen molar-refractivity contribution in [2.45, 2.75) is 20.0 Å². The van der Waals surface area contributed by atoms with Crippen molar-refractivity contribution in [1.82, 2.24) is 25.5 Å². The van der Waals surface area contributed by atoms with Crippen molar-refractivity contribution in [1.29, 1.82) is 0 Å². The molecule has 1 amide bonds. The highest BCUT2D eigenvalue weighted by Crippen LogP contribution is 2.16. The monoisotopic (exact) mass is 363 g/mol. The number of carbonyl (C=O) groups excluding carboxylic acids is 1. The standard InChI is InChI=1S/C20H21N5O2/c1-3-4-11-25-23-19(22-24-25)16-8-6-9-17(13-16)20(26)21-14-15-7-5-10-18(12-15)27-2/h3-10,12-13H,11,14H2,1-2H3,(H,21,26)/b4-3+. The molecule has 0 aliphatic heterocycles. The van der Waals surface area contributed by atoms with Gasteiger partial charge in [-0.1, -0.05) is 36.4 Å². The van der Waals surface area contributed by atoms with Crippen LogP contribution in [0.4, 0.5) is 0 Å². The lowest BCUT2D eigenvalue weighted by atomic mass is 10.1. The summed E-state index contributed by atoms with van der Waals surface area (Å²) in [4.78, 5) is 14.0. The van der Waals surface area contributed by atoms with Gasteiger partial charge in [-0.15, -0.1) is 10.2 Å². The molecule has 3 aromatic rings. The van der Waals surface area contributed by atoms with Gasteiger partial charge in [-0.3, -0.25) is 4.79 Å². The Morgan fingerprint density at radius 1 is 1.22 bits per heavy atom. The van der Waals surface area contributed by atoms with Crippen molar-refractivity contribution >= 4 is 5.91 Å². The van der Waals surface area contributed by atoms with E-state index in [1.807, 2.05) is 55.5 Å². The molecule has 0 aliphatic rings. The Hall–Kier alpha value is -3.48. The van der Waals surface area contributed by atoms with Gasteiger partial charge >= 0.3 is 0 Å². The summed E-state index contributed by atoms with van der Waals surface area (Å²) >= 11 is 0. The van der Waals surface area contributed by atoms with Gasteiger partial charge in [0.1, 0.15) is 5.75 Å². The number of nitrogens with one attached hydrogen (secondary N) is 1. The lowest BCUT2D eigenvalue weighted by Gasteiger charge is -2.07. The highest BCUT2D eigenvalue weighted by molar-refractivity contribution is 5.95. The number of carbonyl (C=O) groups is 1. The number of tetrazole rings is 1. The van der Waals surface area contributed by atoms with Crippen LogP contribution < -0.4 is 10.1 Å². The molecule has 1 heterocycles. The van der Waals surface area contributed by atoms with Crippen molar-refractivity contribution in [3.05, 3.63) is 71.8 Å². The first kappa shape index (κ1) is 18.3. The van der Waals surface area contributed by atoms with E-state index in [-0.39, 0.29) is 5.91 Å². The maximum absolute atomic E-state index is 12.5. The minimum absolute atomic E-state index is 0.166. The molecule has 0 fully saturated rings. The molecule has 0 bridgehead atoms. The fraction of sp³-hybridized carbons (Fsp3) is 0.200. The number of ether oxygens (including phenoxy) is 1. The third-order valence-corrected chi connectivity index (χ3v) is 3.93. The highest BCUT2D eigenvalue weighted by atomic mass is 16.5. The number of aromatic nitrogens is 4. The van der Waals surface area contributed by atoms with E-state index in [9.17, 15) is 4.79 Å². The summed E-state index contributed by atoms with van der Waals surface area (Å²) in [5.74, 6) is 1.08. The van der Waals surface area contributed by atoms with Crippen molar-refractivity contribution in [3.8, 4) is 17.1 Å². The van der Waals surface area contributed by atoms with Crippen LogP contribution >= 0.6 is 0 Å². The van der Waals surface area contributed by atoms with Gasteiger partial charge in [0, 0.05) is 17.7 Å². The van der Waals surface area contributed by atoms with Gasteiger partial charge in [-0.05, 0) is 42.0 Å². The molecule has 0 spiro atoms. The Morgan fingerprint density at radius 3 is 2.89 bits per heavy atom. The first-order valence-electron chi connectivity index (χ1n) is 8.60. The van der Waals surface area contributed by atoms with Gasteiger partial charge in [0.25, 0.3) is 5.91 Å². The lowest BCUT2D eigenvalue weighted by Crippen LogP contribution is -2.22. The summed E-state index contributed by atoms with van der Waals surface area (Å²) in [5.41, 5.74) is 2.25. The average molecular weight is 363 g/mol.